The van der Waals surface area contributed by atoms with Gasteiger partial charge in [-0.3, -0.25) is 4.79 Å². The van der Waals surface area contributed by atoms with Gasteiger partial charge in [-0.2, -0.15) is 13.2 Å². The summed E-state index contributed by atoms with van der Waals surface area (Å²) in [6.45, 7) is 0. The second-order valence-electron chi connectivity index (χ2n) is 3.23. The van der Waals surface area contributed by atoms with Crippen LogP contribution in [0.4, 0.5) is 22.0 Å². The van der Waals surface area contributed by atoms with E-state index in [2.05, 4.69) is 20.9 Å². The molecule has 0 fully saturated rings. The van der Waals surface area contributed by atoms with Gasteiger partial charge >= 0.3 is 12.1 Å². The van der Waals surface area contributed by atoms with Crippen molar-refractivity contribution in [2.45, 2.75) is 19.0 Å². The van der Waals surface area contributed by atoms with Crippen LogP contribution in [0.3, 0.4) is 0 Å². The Hall–Kier alpha value is -1.25. The van der Waals surface area contributed by atoms with Gasteiger partial charge in [0.25, 0.3) is 6.43 Å². The Bertz CT molecular complexity index is 475. The van der Waals surface area contributed by atoms with E-state index in [9.17, 15) is 26.7 Å². The highest BCUT2D eigenvalue weighted by molar-refractivity contribution is 9.10. The van der Waals surface area contributed by atoms with E-state index in [1.807, 2.05) is 0 Å². The van der Waals surface area contributed by atoms with Crippen LogP contribution in [0.2, 0.25) is 0 Å². The van der Waals surface area contributed by atoms with Crippen molar-refractivity contribution >= 4 is 21.9 Å². The van der Waals surface area contributed by atoms with Crippen LogP contribution in [0.1, 0.15) is 23.1 Å². The third-order valence-electron chi connectivity index (χ3n) is 1.99. The first kappa shape index (κ1) is 14.8. The molecule has 18 heavy (non-hydrogen) atoms. The van der Waals surface area contributed by atoms with E-state index < -0.39 is 46.3 Å². The smallest absolute Gasteiger partial charge is 0.417 e. The van der Waals surface area contributed by atoms with Gasteiger partial charge in [-0.25, -0.2) is 13.8 Å². The van der Waals surface area contributed by atoms with E-state index in [1.165, 1.54) is 0 Å². The molecular weight excluding hydrogens is 329 g/mol. The number of rotatable bonds is 3. The fraction of sp³-hybridized carbons (Fsp3) is 0.333. The molecule has 0 radical (unpaired) electrons. The average Bonchev–Trinajstić information content (AvgIpc) is 2.17. The van der Waals surface area contributed by atoms with Crippen molar-refractivity contribution in [3.05, 3.63) is 27.5 Å². The predicted molar refractivity (Wildman–Crippen MR) is 53.2 cm³/mol. The van der Waals surface area contributed by atoms with Crippen LogP contribution in [-0.4, -0.2) is 16.1 Å². The minimum Gasteiger partial charge on any atom is -0.481 e. The van der Waals surface area contributed by atoms with E-state index in [4.69, 9.17) is 5.11 Å². The molecular formula is C9H5BrF5NO2. The van der Waals surface area contributed by atoms with Gasteiger partial charge in [0.05, 0.1) is 17.5 Å². The molecule has 0 amide bonds. The summed E-state index contributed by atoms with van der Waals surface area (Å²) in [5, 5.41) is 8.46. The Kier molecular flexibility index (Phi) is 4.25. The first-order valence-corrected chi connectivity index (χ1v) is 5.18. The number of carbonyl (C=O) groups is 1. The lowest BCUT2D eigenvalue weighted by Crippen LogP contribution is -2.17. The van der Waals surface area contributed by atoms with E-state index in [0.29, 0.717) is 6.20 Å². The molecule has 100 valence electrons. The van der Waals surface area contributed by atoms with Gasteiger partial charge in [0.15, 0.2) is 0 Å². The number of carboxylic acid groups (broad SMARTS) is 1. The van der Waals surface area contributed by atoms with Crippen LogP contribution in [0.5, 0.6) is 0 Å². The molecule has 0 saturated heterocycles. The van der Waals surface area contributed by atoms with Gasteiger partial charge in [-0.15, -0.1) is 0 Å². The summed E-state index contributed by atoms with van der Waals surface area (Å²) in [5.74, 6) is -1.56. The largest absolute Gasteiger partial charge is 0.481 e. The Labute approximate surface area is 106 Å². The first-order valence-electron chi connectivity index (χ1n) is 4.39. The van der Waals surface area contributed by atoms with Crippen molar-refractivity contribution in [3.8, 4) is 0 Å². The zero-order valence-electron chi connectivity index (χ0n) is 8.43. The highest BCUT2D eigenvalue weighted by Crippen LogP contribution is 2.41. The second-order valence-corrected chi connectivity index (χ2v) is 3.98. The molecule has 1 rings (SSSR count). The molecule has 9 heteroatoms. The molecule has 0 atom stereocenters. The number of pyridine rings is 1. The van der Waals surface area contributed by atoms with E-state index in [0.717, 1.165) is 0 Å². The third-order valence-corrected chi connectivity index (χ3v) is 2.62. The first-order chi connectivity index (χ1) is 8.14. The fourth-order valence-corrected chi connectivity index (χ4v) is 1.85. The molecule has 0 spiro atoms. The summed E-state index contributed by atoms with van der Waals surface area (Å²) in [5.41, 5.74) is -3.79. The zero-order chi connectivity index (χ0) is 14.1. The van der Waals surface area contributed by atoms with Crippen LogP contribution in [0.15, 0.2) is 10.8 Å². The Morgan fingerprint density at radius 2 is 2.00 bits per heavy atom. The molecule has 0 aliphatic heterocycles. The summed E-state index contributed by atoms with van der Waals surface area (Å²) < 4.78 is 62.8. The zero-order valence-corrected chi connectivity index (χ0v) is 10.0. The summed E-state index contributed by atoms with van der Waals surface area (Å²) in [4.78, 5) is 13.7. The monoisotopic (exact) mass is 333 g/mol. The summed E-state index contributed by atoms with van der Waals surface area (Å²) in [6, 6.07) is 0. The van der Waals surface area contributed by atoms with Gasteiger partial charge in [0, 0.05) is 6.20 Å². The third kappa shape index (κ3) is 3.15. The molecule has 3 nitrogen and oxygen atoms in total. The molecule has 1 N–H and O–H groups in total. The molecule has 1 aromatic heterocycles. The second kappa shape index (κ2) is 5.17. The highest BCUT2D eigenvalue weighted by Gasteiger charge is 2.40. The lowest BCUT2D eigenvalue weighted by molar-refractivity contribution is -0.141. The van der Waals surface area contributed by atoms with Crippen molar-refractivity contribution in [1.29, 1.82) is 0 Å². The SMILES string of the molecule is O=C(O)Cc1cnc(Br)c(C(F)F)c1C(F)(F)F. The quantitative estimate of drug-likeness (QED) is 0.681. The molecule has 0 bridgehead atoms. The van der Waals surface area contributed by atoms with E-state index >= 15 is 0 Å². The maximum absolute atomic E-state index is 12.7. The number of aromatic nitrogens is 1. The van der Waals surface area contributed by atoms with Crippen molar-refractivity contribution in [2.24, 2.45) is 0 Å². The Morgan fingerprint density at radius 1 is 1.44 bits per heavy atom. The number of halogens is 6. The minimum absolute atomic E-state index is 0.618. The van der Waals surface area contributed by atoms with Crippen LogP contribution in [-0.2, 0) is 17.4 Å². The number of hydrogen-bond acceptors (Lipinski definition) is 2. The molecule has 0 aliphatic rings. The summed E-state index contributed by atoms with van der Waals surface area (Å²) >= 11 is 2.50. The minimum atomic E-state index is -5.08. The lowest BCUT2D eigenvalue weighted by atomic mass is 10.0. The molecule has 0 saturated carbocycles. The normalized spacial score (nSPS) is 11.9. The van der Waals surface area contributed by atoms with Crippen molar-refractivity contribution in [1.82, 2.24) is 4.98 Å². The number of aliphatic carboxylic acids is 1. The highest BCUT2D eigenvalue weighted by atomic mass is 79.9. The van der Waals surface area contributed by atoms with Gasteiger partial charge in [-0.05, 0) is 21.5 Å². The fourth-order valence-electron chi connectivity index (χ4n) is 1.38. The Balaban J connectivity index is 3.54. The van der Waals surface area contributed by atoms with Gasteiger partial charge in [0.1, 0.15) is 4.60 Å². The Morgan fingerprint density at radius 3 is 2.39 bits per heavy atom. The topological polar surface area (TPSA) is 50.2 Å². The van der Waals surface area contributed by atoms with Gasteiger partial charge < -0.3 is 5.11 Å². The van der Waals surface area contributed by atoms with Crippen LogP contribution >= 0.6 is 15.9 Å². The lowest BCUT2D eigenvalue weighted by Gasteiger charge is -2.16. The number of alkyl halides is 5. The summed E-state index contributed by atoms with van der Waals surface area (Å²) in [6.07, 6.45) is -8.92. The number of hydrogen-bond donors (Lipinski definition) is 1. The molecule has 0 unspecified atom stereocenters. The maximum Gasteiger partial charge on any atom is 0.417 e. The van der Waals surface area contributed by atoms with Crippen LogP contribution < -0.4 is 0 Å². The predicted octanol–water partition coefficient (Wildman–Crippen LogP) is 3.43. The maximum atomic E-state index is 12.7. The van der Waals surface area contributed by atoms with E-state index in [1.54, 1.807) is 0 Å². The van der Waals surface area contributed by atoms with Crippen molar-refractivity contribution < 1.29 is 31.9 Å². The number of carboxylic acids is 1. The van der Waals surface area contributed by atoms with Crippen molar-refractivity contribution in [3.63, 3.8) is 0 Å². The standard InChI is InChI=1S/C9H5BrF5NO2/c10-7-5(8(11)12)6(9(13,14)15)3(2-16-7)1-4(17)18/h2,8H,1H2,(H,17,18). The van der Waals surface area contributed by atoms with Gasteiger partial charge in [-0.1, -0.05) is 0 Å². The molecule has 0 aromatic carbocycles. The van der Waals surface area contributed by atoms with Gasteiger partial charge in [0.2, 0.25) is 0 Å². The average molecular weight is 334 g/mol. The van der Waals surface area contributed by atoms with Crippen LogP contribution in [0, 0.1) is 0 Å². The molecule has 0 aliphatic carbocycles. The van der Waals surface area contributed by atoms with E-state index in [-0.39, 0.29) is 0 Å². The van der Waals surface area contributed by atoms with Crippen molar-refractivity contribution in [2.75, 3.05) is 0 Å². The number of nitrogens with zero attached hydrogens (tertiary/aromatic N) is 1. The summed E-state index contributed by atoms with van der Waals surface area (Å²) in [7, 11) is 0. The molecule has 1 aromatic rings. The van der Waals surface area contributed by atoms with Crippen LogP contribution in [0.25, 0.3) is 0 Å². The molecule has 1 heterocycles.